The number of fused-ring (bicyclic) bond motifs is 8. The van der Waals surface area contributed by atoms with E-state index in [4.69, 9.17) is 5.73 Å². The standard InChI is InChI=1S/C20H21N3O3/c21-14-4-5-17-11(7-14)8-15(20(25)26)19-13-6-12(9-23(17)19)16-2-1-3-18(24)22(16)10-13/h1-5,7,12-13,15,19H,6,8-10,21H2,(H,25,26)/t12?,13?,15-,19+/m1/s1. The number of carboxylic acids is 1. The van der Waals surface area contributed by atoms with Gasteiger partial charge in [0.2, 0.25) is 0 Å². The minimum absolute atomic E-state index is 0.0153. The molecule has 2 bridgehead atoms. The van der Waals surface area contributed by atoms with E-state index in [1.165, 1.54) is 0 Å². The van der Waals surface area contributed by atoms with Gasteiger partial charge in [0.25, 0.3) is 5.56 Å². The molecule has 1 fully saturated rings. The number of carboxylic acid groups (broad SMARTS) is 1. The molecule has 6 nitrogen and oxygen atoms in total. The molecule has 4 atom stereocenters. The second-order valence-corrected chi connectivity index (χ2v) is 7.77. The number of piperidine rings is 1. The average molecular weight is 351 g/mol. The number of nitrogens with two attached hydrogens (primary N) is 1. The van der Waals surface area contributed by atoms with Gasteiger partial charge in [-0.1, -0.05) is 6.07 Å². The Morgan fingerprint density at radius 2 is 2.04 bits per heavy atom. The molecule has 3 aliphatic rings. The quantitative estimate of drug-likeness (QED) is 0.763. The largest absolute Gasteiger partial charge is 0.481 e. The fourth-order valence-corrected chi connectivity index (χ4v) is 5.36. The van der Waals surface area contributed by atoms with E-state index in [1.54, 1.807) is 6.07 Å². The normalized spacial score (nSPS) is 28.7. The van der Waals surface area contributed by atoms with E-state index in [9.17, 15) is 14.7 Å². The van der Waals surface area contributed by atoms with Crippen molar-refractivity contribution in [1.82, 2.24) is 4.57 Å². The zero-order valence-electron chi connectivity index (χ0n) is 14.3. The molecule has 26 heavy (non-hydrogen) atoms. The van der Waals surface area contributed by atoms with Crippen molar-refractivity contribution in [3.05, 3.63) is 58.0 Å². The Bertz CT molecular complexity index is 967. The number of pyridine rings is 1. The summed E-state index contributed by atoms with van der Waals surface area (Å²) in [7, 11) is 0. The van der Waals surface area contributed by atoms with E-state index >= 15 is 0 Å². The summed E-state index contributed by atoms with van der Waals surface area (Å²) in [5.41, 5.74) is 9.81. The van der Waals surface area contributed by atoms with Crippen molar-refractivity contribution < 1.29 is 9.90 Å². The number of hydrogen-bond acceptors (Lipinski definition) is 4. The van der Waals surface area contributed by atoms with E-state index in [-0.39, 0.29) is 23.4 Å². The van der Waals surface area contributed by atoms with Crippen LogP contribution in [-0.2, 0) is 17.8 Å². The molecule has 4 heterocycles. The van der Waals surface area contributed by atoms with E-state index in [1.807, 2.05) is 34.9 Å². The number of rotatable bonds is 1. The number of nitrogens with zero attached hydrogens (tertiary/aromatic N) is 2. The van der Waals surface area contributed by atoms with Crippen molar-refractivity contribution in [2.75, 3.05) is 17.2 Å². The van der Waals surface area contributed by atoms with Crippen molar-refractivity contribution in [3.63, 3.8) is 0 Å². The molecule has 1 aromatic heterocycles. The Kier molecular flexibility index (Phi) is 3.20. The number of benzene rings is 1. The highest BCUT2D eigenvalue weighted by molar-refractivity contribution is 5.76. The van der Waals surface area contributed by atoms with Crippen molar-refractivity contribution >= 4 is 17.3 Å². The van der Waals surface area contributed by atoms with Crippen LogP contribution in [0.15, 0.2) is 41.2 Å². The Morgan fingerprint density at radius 3 is 2.85 bits per heavy atom. The minimum Gasteiger partial charge on any atom is -0.481 e. The Morgan fingerprint density at radius 1 is 1.19 bits per heavy atom. The van der Waals surface area contributed by atoms with Crippen LogP contribution in [0.5, 0.6) is 0 Å². The van der Waals surface area contributed by atoms with Crippen LogP contribution in [0.25, 0.3) is 0 Å². The maximum atomic E-state index is 12.3. The van der Waals surface area contributed by atoms with Crippen LogP contribution in [0.2, 0.25) is 0 Å². The lowest BCUT2D eigenvalue weighted by Gasteiger charge is -2.53. The Labute approximate surface area is 150 Å². The molecule has 1 saturated heterocycles. The molecule has 0 amide bonds. The number of nitrogen functional groups attached to an aromatic ring is 1. The first-order valence-corrected chi connectivity index (χ1v) is 9.10. The zero-order chi connectivity index (χ0) is 18.0. The van der Waals surface area contributed by atoms with Gasteiger partial charge in [-0.3, -0.25) is 9.59 Å². The maximum Gasteiger partial charge on any atom is 0.308 e. The van der Waals surface area contributed by atoms with Gasteiger partial charge in [0.15, 0.2) is 0 Å². The van der Waals surface area contributed by atoms with Gasteiger partial charge < -0.3 is 20.3 Å². The first kappa shape index (κ1) is 15.5. The smallest absolute Gasteiger partial charge is 0.308 e. The van der Waals surface area contributed by atoms with Crippen molar-refractivity contribution in [1.29, 1.82) is 0 Å². The molecule has 3 N–H and O–H groups in total. The minimum atomic E-state index is -0.766. The molecule has 2 unspecified atom stereocenters. The lowest BCUT2D eigenvalue weighted by molar-refractivity contribution is -0.143. The highest BCUT2D eigenvalue weighted by Gasteiger charge is 2.49. The van der Waals surface area contributed by atoms with E-state index in [2.05, 4.69) is 4.90 Å². The summed E-state index contributed by atoms with van der Waals surface area (Å²) in [6.07, 6.45) is 1.44. The van der Waals surface area contributed by atoms with Crippen LogP contribution in [0.4, 0.5) is 11.4 Å². The molecule has 0 aliphatic carbocycles. The highest BCUT2D eigenvalue weighted by Crippen LogP contribution is 2.47. The average Bonchev–Trinajstić information content (AvgIpc) is 2.61. The van der Waals surface area contributed by atoms with Crippen LogP contribution >= 0.6 is 0 Å². The van der Waals surface area contributed by atoms with Crippen LogP contribution in [0.1, 0.15) is 23.6 Å². The van der Waals surface area contributed by atoms with Gasteiger partial charge in [-0.05, 0) is 48.6 Å². The summed E-state index contributed by atoms with van der Waals surface area (Å²) in [4.78, 5) is 26.7. The van der Waals surface area contributed by atoms with E-state index < -0.39 is 11.9 Å². The molecule has 6 heteroatoms. The maximum absolute atomic E-state index is 12.3. The molecule has 1 aromatic carbocycles. The second kappa shape index (κ2) is 5.37. The number of hydrogen-bond donors (Lipinski definition) is 2. The van der Waals surface area contributed by atoms with E-state index in [0.717, 1.165) is 29.9 Å². The number of carbonyl (C=O) groups is 1. The summed E-state index contributed by atoms with van der Waals surface area (Å²) in [6, 6.07) is 11.2. The van der Waals surface area contributed by atoms with Crippen molar-refractivity contribution in [2.24, 2.45) is 11.8 Å². The third-order valence-corrected chi connectivity index (χ3v) is 6.35. The molecule has 0 saturated carbocycles. The molecule has 0 spiro atoms. The van der Waals surface area contributed by atoms with Crippen molar-refractivity contribution in [2.45, 2.75) is 31.3 Å². The summed E-state index contributed by atoms with van der Waals surface area (Å²) >= 11 is 0. The zero-order valence-corrected chi connectivity index (χ0v) is 14.3. The molecule has 3 aliphatic heterocycles. The van der Waals surface area contributed by atoms with Crippen molar-refractivity contribution in [3.8, 4) is 0 Å². The van der Waals surface area contributed by atoms with Gasteiger partial charge in [-0.15, -0.1) is 0 Å². The molecular weight excluding hydrogens is 330 g/mol. The lowest BCUT2D eigenvalue weighted by atomic mass is 9.70. The third-order valence-electron chi connectivity index (χ3n) is 6.35. The molecule has 0 radical (unpaired) electrons. The first-order valence-electron chi connectivity index (χ1n) is 9.10. The van der Waals surface area contributed by atoms with Crippen LogP contribution in [0.3, 0.4) is 0 Å². The van der Waals surface area contributed by atoms with Crippen LogP contribution in [-0.4, -0.2) is 28.2 Å². The SMILES string of the molecule is Nc1ccc2c(c1)C[C@@H](C(=O)O)[C@@H]1C3CC(CN21)c1cccc(=O)n1C3. The highest BCUT2D eigenvalue weighted by atomic mass is 16.4. The Hall–Kier alpha value is -2.76. The van der Waals surface area contributed by atoms with Gasteiger partial charge in [0.05, 0.1) is 5.92 Å². The number of aliphatic carboxylic acids is 1. The molecule has 5 rings (SSSR count). The van der Waals surface area contributed by atoms with Gasteiger partial charge >= 0.3 is 5.97 Å². The number of anilines is 2. The van der Waals surface area contributed by atoms with Gasteiger partial charge in [0.1, 0.15) is 0 Å². The predicted molar refractivity (Wildman–Crippen MR) is 98.4 cm³/mol. The third kappa shape index (κ3) is 2.11. The number of aromatic nitrogens is 1. The lowest BCUT2D eigenvalue weighted by Crippen LogP contribution is -2.60. The van der Waals surface area contributed by atoms with E-state index in [0.29, 0.717) is 18.7 Å². The summed E-state index contributed by atoms with van der Waals surface area (Å²) in [5.74, 6) is -0.834. The first-order chi connectivity index (χ1) is 12.5. The van der Waals surface area contributed by atoms with Gasteiger partial charge in [-0.2, -0.15) is 0 Å². The summed E-state index contributed by atoms with van der Waals surface area (Å²) in [6.45, 7) is 1.34. The topological polar surface area (TPSA) is 88.6 Å². The summed E-state index contributed by atoms with van der Waals surface area (Å²) < 4.78 is 1.85. The van der Waals surface area contributed by atoms with Crippen LogP contribution in [0, 0.1) is 11.8 Å². The molecule has 2 aromatic rings. The van der Waals surface area contributed by atoms with Crippen LogP contribution < -0.4 is 16.2 Å². The molecule has 134 valence electrons. The fourth-order valence-electron chi connectivity index (χ4n) is 5.36. The van der Waals surface area contributed by atoms with Gasteiger partial charge in [-0.25, -0.2) is 0 Å². The summed E-state index contributed by atoms with van der Waals surface area (Å²) in [5, 5.41) is 9.89. The fraction of sp³-hybridized carbons (Fsp3) is 0.400. The van der Waals surface area contributed by atoms with Gasteiger partial charge in [0, 0.05) is 48.2 Å². The molecular formula is C20H21N3O3. The monoisotopic (exact) mass is 351 g/mol. The Balaban J connectivity index is 1.65. The second-order valence-electron chi connectivity index (χ2n) is 7.77. The predicted octanol–water partition coefficient (Wildman–Crippen LogP) is 1.68.